The highest BCUT2D eigenvalue weighted by molar-refractivity contribution is 8.00. The van der Waals surface area contributed by atoms with Gasteiger partial charge in [0.1, 0.15) is 16.2 Å². The number of amides is 1. The smallest absolute Gasteiger partial charge is 0.230 e. The van der Waals surface area contributed by atoms with Crippen LogP contribution in [0.25, 0.3) is 10.2 Å². The van der Waals surface area contributed by atoms with Crippen molar-refractivity contribution in [1.82, 2.24) is 15.3 Å². The predicted molar refractivity (Wildman–Crippen MR) is 107 cm³/mol. The summed E-state index contributed by atoms with van der Waals surface area (Å²) in [7, 11) is 0. The molecule has 3 aromatic rings. The number of rotatable bonds is 7. The first-order valence-electron chi connectivity index (χ1n) is 9.04. The third-order valence-corrected chi connectivity index (χ3v) is 6.90. The first-order chi connectivity index (χ1) is 13.6. The number of carboxylic acid groups (broad SMARTS) is 1. The maximum absolute atomic E-state index is 12.4. The summed E-state index contributed by atoms with van der Waals surface area (Å²) in [6.07, 6.45) is 4.95. The molecule has 1 atom stereocenters. The first-order valence-corrected chi connectivity index (χ1v) is 10.8. The number of hydrogen-bond donors (Lipinski definition) is 1. The Morgan fingerprint density at radius 1 is 1.21 bits per heavy atom. The molecule has 0 saturated heterocycles. The van der Waals surface area contributed by atoms with Crippen molar-refractivity contribution in [3.63, 3.8) is 0 Å². The standard InChI is InChI=1S/C20H19N3O3S2/c24-16(23-14(20(25)26)9-12-5-2-1-3-6-12)10-27-18-17-13-7-4-8-15(13)28-19(17)22-11-21-18/h1-3,5-6,11,14H,4,7-10H2,(H,23,24)(H,25,26)/p-1/t14-/m0/s1. The van der Waals surface area contributed by atoms with Crippen molar-refractivity contribution >= 4 is 45.2 Å². The molecule has 4 rings (SSSR count). The summed E-state index contributed by atoms with van der Waals surface area (Å²) in [6.45, 7) is 0. The van der Waals surface area contributed by atoms with Crippen LogP contribution < -0.4 is 10.4 Å². The number of nitrogens with zero attached hydrogens (tertiary/aromatic N) is 2. The molecule has 1 aliphatic carbocycles. The lowest BCUT2D eigenvalue weighted by Crippen LogP contribution is -2.49. The number of carbonyl (C=O) groups is 2. The Balaban J connectivity index is 1.43. The number of aromatic nitrogens is 2. The minimum absolute atomic E-state index is 0.0926. The molecule has 0 fully saturated rings. The van der Waals surface area contributed by atoms with Gasteiger partial charge in [0.25, 0.3) is 0 Å². The molecular formula is C20H18N3O3S2-. The van der Waals surface area contributed by atoms with E-state index in [9.17, 15) is 14.7 Å². The third kappa shape index (κ3) is 4.02. The Morgan fingerprint density at radius 3 is 2.82 bits per heavy atom. The fraction of sp³-hybridized carbons (Fsp3) is 0.300. The number of thiophene rings is 1. The van der Waals surface area contributed by atoms with Gasteiger partial charge in [-0.3, -0.25) is 4.79 Å². The summed E-state index contributed by atoms with van der Waals surface area (Å²) in [5.74, 6) is -1.55. The van der Waals surface area contributed by atoms with Crippen LogP contribution in [-0.4, -0.2) is 33.6 Å². The van der Waals surface area contributed by atoms with Crippen LogP contribution in [0.1, 0.15) is 22.4 Å². The van der Waals surface area contributed by atoms with Crippen LogP contribution in [-0.2, 0) is 28.9 Å². The minimum atomic E-state index is -1.29. The first kappa shape index (κ1) is 18.9. The molecule has 0 saturated carbocycles. The van der Waals surface area contributed by atoms with Gasteiger partial charge in [-0.05, 0) is 36.8 Å². The number of thioether (sulfide) groups is 1. The Kier molecular flexibility index (Phi) is 5.59. The van der Waals surface area contributed by atoms with Crippen LogP contribution in [0.4, 0.5) is 0 Å². The molecule has 2 heterocycles. The summed E-state index contributed by atoms with van der Waals surface area (Å²) in [6, 6.07) is 8.11. The van der Waals surface area contributed by atoms with E-state index in [0.29, 0.717) is 0 Å². The van der Waals surface area contributed by atoms with E-state index in [-0.39, 0.29) is 18.1 Å². The normalized spacial score (nSPS) is 14.0. The summed E-state index contributed by atoms with van der Waals surface area (Å²) in [5.41, 5.74) is 2.14. The van der Waals surface area contributed by atoms with Gasteiger partial charge in [0.2, 0.25) is 5.91 Å². The van der Waals surface area contributed by atoms with Crippen molar-refractivity contribution in [2.75, 3.05) is 5.75 Å². The zero-order valence-electron chi connectivity index (χ0n) is 15.0. The van der Waals surface area contributed by atoms with Gasteiger partial charge in [0.15, 0.2) is 0 Å². The molecule has 2 aromatic heterocycles. The Morgan fingerprint density at radius 2 is 2.04 bits per heavy atom. The van der Waals surface area contributed by atoms with Gasteiger partial charge in [0.05, 0.1) is 17.8 Å². The molecule has 8 heteroatoms. The number of aryl methyl sites for hydroxylation is 2. The van der Waals surface area contributed by atoms with E-state index >= 15 is 0 Å². The van der Waals surface area contributed by atoms with E-state index in [1.165, 1.54) is 28.5 Å². The van der Waals surface area contributed by atoms with Gasteiger partial charge in [-0.25, -0.2) is 9.97 Å². The molecule has 1 aromatic carbocycles. The van der Waals surface area contributed by atoms with Crippen LogP contribution in [0.3, 0.4) is 0 Å². The topological polar surface area (TPSA) is 95.0 Å². The van der Waals surface area contributed by atoms with Gasteiger partial charge >= 0.3 is 0 Å². The second kappa shape index (κ2) is 8.28. The van der Waals surface area contributed by atoms with Gasteiger partial charge in [-0.2, -0.15) is 0 Å². The number of aliphatic carboxylic acids is 1. The summed E-state index contributed by atoms with van der Waals surface area (Å²) >= 11 is 3.02. The van der Waals surface area contributed by atoms with Crippen LogP contribution in [0, 0.1) is 0 Å². The van der Waals surface area contributed by atoms with Crippen LogP contribution >= 0.6 is 23.1 Å². The third-order valence-electron chi connectivity index (χ3n) is 4.71. The molecule has 6 nitrogen and oxygen atoms in total. The van der Waals surface area contributed by atoms with Gasteiger partial charge < -0.3 is 15.2 Å². The van der Waals surface area contributed by atoms with Crippen LogP contribution in [0.2, 0.25) is 0 Å². The van der Waals surface area contributed by atoms with Crippen molar-refractivity contribution in [3.8, 4) is 0 Å². The number of carboxylic acids is 1. The molecular weight excluding hydrogens is 394 g/mol. The average Bonchev–Trinajstić information content (AvgIpc) is 3.27. The van der Waals surface area contributed by atoms with E-state index in [1.54, 1.807) is 11.3 Å². The van der Waals surface area contributed by atoms with Crippen molar-refractivity contribution in [3.05, 3.63) is 52.7 Å². The van der Waals surface area contributed by atoms with E-state index in [2.05, 4.69) is 15.3 Å². The second-order valence-corrected chi connectivity index (χ2v) is 8.68. The zero-order valence-corrected chi connectivity index (χ0v) is 16.6. The number of nitrogens with one attached hydrogen (secondary N) is 1. The summed E-state index contributed by atoms with van der Waals surface area (Å²) in [4.78, 5) is 34.8. The van der Waals surface area contributed by atoms with E-state index in [0.717, 1.165) is 40.1 Å². The van der Waals surface area contributed by atoms with Crippen LogP contribution in [0.5, 0.6) is 0 Å². The summed E-state index contributed by atoms with van der Waals surface area (Å²) < 4.78 is 0. The summed E-state index contributed by atoms with van der Waals surface area (Å²) in [5, 5.41) is 15.8. The van der Waals surface area contributed by atoms with Crippen molar-refractivity contribution in [2.45, 2.75) is 36.8 Å². The Hall–Kier alpha value is -2.45. The lowest BCUT2D eigenvalue weighted by atomic mass is 10.1. The number of fused-ring (bicyclic) bond motifs is 3. The van der Waals surface area contributed by atoms with Crippen LogP contribution in [0.15, 0.2) is 41.7 Å². The second-order valence-electron chi connectivity index (χ2n) is 6.63. The fourth-order valence-electron chi connectivity index (χ4n) is 3.42. The molecule has 0 spiro atoms. The number of benzene rings is 1. The lowest BCUT2D eigenvalue weighted by molar-refractivity contribution is -0.308. The quantitative estimate of drug-likeness (QED) is 0.469. The molecule has 0 unspecified atom stereocenters. The van der Waals surface area contributed by atoms with Crippen molar-refractivity contribution in [2.24, 2.45) is 0 Å². The Bertz CT molecular complexity index is 1020. The zero-order chi connectivity index (χ0) is 19.5. The highest BCUT2D eigenvalue weighted by Crippen LogP contribution is 2.39. The molecule has 0 bridgehead atoms. The largest absolute Gasteiger partial charge is 0.548 e. The maximum atomic E-state index is 12.4. The van der Waals surface area contributed by atoms with E-state index in [1.807, 2.05) is 30.3 Å². The Labute approximate surface area is 170 Å². The molecule has 0 aliphatic heterocycles. The molecule has 0 radical (unpaired) electrons. The van der Waals surface area contributed by atoms with Crippen molar-refractivity contribution < 1.29 is 14.7 Å². The monoisotopic (exact) mass is 412 g/mol. The SMILES string of the molecule is O=C(CSc1ncnc2sc3c(c12)CCC3)N[C@@H](Cc1ccccc1)C(=O)[O-]. The predicted octanol–water partition coefficient (Wildman–Crippen LogP) is 1.75. The van der Waals surface area contributed by atoms with E-state index < -0.39 is 12.0 Å². The number of carbonyl (C=O) groups excluding carboxylic acids is 2. The number of hydrogen-bond acceptors (Lipinski definition) is 7. The highest BCUT2D eigenvalue weighted by atomic mass is 32.2. The lowest BCUT2D eigenvalue weighted by Gasteiger charge is -2.19. The molecule has 28 heavy (non-hydrogen) atoms. The maximum Gasteiger partial charge on any atom is 0.230 e. The van der Waals surface area contributed by atoms with Gasteiger partial charge in [-0.15, -0.1) is 11.3 Å². The molecule has 1 N–H and O–H groups in total. The fourth-order valence-corrected chi connectivity index (χ4v) is 5.55. The minimum Gasteiger partial charge on any atom is -0.548 e. The molecule has 144 valence electrons. The van der Waals surface area contributed by atoms with Gasteiger partial charge in [0, 0.05) is 10.3 Å². The van der Waals surface area contributed by atoms with Crippen molar-refractivity contribution in [1.29, 1.82) is 0 Å². The van der Waals surface area contributed by atoms with E-state index in [4.69, 9.17) is 0 Å². The molecule has 1 amide bonds. The molecule has 1 aliphatic rings. The highest BCUT2D eigenvalue weighted by Gasteiger charge is 2.22. The average molecular weight is 413 g/mol. The van der Waals surface area contributed by atoms with Gasteiger partial charge in [-0.1, -0.05) is 42.1 Å².